The number of hydrogen-bond donors (Lipinski definition) is 0. The molecule has 3 aliphatic rings. The summed E-state index contributed by atoms with van der Waals surface area (Å²) in [5.74, 6) is 1.94. The van der Waals surface area contributed by atoms with Gasteiger partial charge in [-0.15, -0.1) is 0 Å². The molecular weight excluding hydrogens is 397 g/mol. The zero-order chi connectivity index (χ0) is 15.4. The van der Waals surface area contributed by atoms with E-state index in [-0.39, 0.29) is 24.0 Å². The number of likely N-dealkylation sites (N-methyl/N-ethyl adjacent to an activating group) is 1. The Morgan fingerprint density at radius 1 is 1.26 bits per heavy atom. The van der Waals surface area contributed by atoms with E-state index < -0.39 is 0 Å². The number of rotatable bonds is 2. The van der Waals surface area contributed by atoms with E-state index in [2.05, 4.69) is 32.2 Å². The summed E-state index contributed by atoms with van der Waals surface area (Å²) < 4.78 is 6.84. The van der Waals surface area contributed by atoms with Crippen LogP contribution in [0.3, 0.4) is 0 Å². The van der Waals surface area contributed by atoms with Crippen molar-refractivity contribution in [2.45, 2.75) is 56.9 Å². The molecule has 2 fully saturated rings. The van der Waals surface area contributed by atoms with Crippen LogP contribution in [0.15, 0.2) is 18.2 Å². The zero-order valence-electron chi connectivity index (χ0n) is 14.8. The van der Waals surface area contributed by atoms with Crippen molar-refractivity contribution < 1.29 is 33.2 Å². The van der Waals surface area contributed by atoms with Gasteiger partial charge in [-0.3, -0.25) is 0 Å². The van der Waals surface area contributed by atoms with Crippen molar-refractivity contribution in [3.8, 4) is 5.75 Å². The molecule has 0 radical (unpaired) electrons. The second-order valence-corrected chi connectivity index (χ2v) is 8.07. The maximum absolute atomic E-state index is 5.55. The maximum Gasteiger partial charge on any atom is 0.119 e. The standard InChI is InChI=1S/C20H30NO.HI/c1-4-21(2)12-11-20-10-6-5-7-17(20)19(21)13-15-8-9-16(22-3)14-18(15)20;/h8-9,14,17,19H,4-7,10-13H2,1-3H3;1H/q+1;/p-1/t17-,19+,20+,21?;/m1./s1. The fourth-order valence-electron chi connectivity index (χ4n) is 5.97. The molecule has 2 nitrogen and oxygen atoms in total. The van der Waals surface area contributed by atoms with Gasteiger partial charge in [0.2, 0.25) is 0 Å². The first-order valence-corrected chi connectivity index (χ1v) is 9.14. The number of benzene rings is 1. The second-order valence-electron chi connectivity index (χ2n) is 8.07. The van der Waals surface area contributed by atoms with E-state index in [0.717, 1.165) is 17.7 Å². The van der Waals surface area contributed by atoms with E-state index in [1.807, 2.05) is 0 Å². The normalized spacial score (nSPS) is 38.0. The first-order chi connectivity index (χ1) is 10.6. The molecule has 2 aliphatic carbocycles. The summed E-state index contributed by atoms with van der Waals surface area (Å²) in [5, 5.41) is 0. The third-order valence-electron chi connectivity index (χ3n) is 7.44. The largest absolute Gasteiger partial charge is 1.00 e. The lowest BCUT2D eigenvalue weighted by Gasteiger charge is -2.61. The van der Waals surface area contributed by atoms with Crippen LogP contribution in [0.4, 0.5) is 0 Å². The Kier molecular flexibility index (Phi) is 4.74. The molecule has 1 unspecified atom stereocenters. The van der Waals surface area contributed by atoms with E-state index in [9.17, 15) is 0 Å². The highest BCUT2D eigenvalue weighted by molar-refractivity contribution is 5.45. The van der Waals surface area contributed by atoms with E-state index in [0.29, 0.717) is 5.41 Å². The lowest BCUT2D eigenvalue weighted by atomic mass is 9.52. The van der Waals surface area contributed by atoms with Crippen LogP contribution < -0.4 is 28.7 Å². The van der Waals surface area contributed by atoms with Crippen molar-refractivity contribution in [2.75, 3.05) is 27.2 Å². The topological polar surface area (TPSA) is 9.23 Å². The molecule has 3 heteroatoms. The summed E-state index contributed by atoms with van der Waals surface area (Å²) in [6, 6.07) is 7.75. The van der Waals surface area contributed by atoms with Gasteiger partial charge in [-0.2, -0.15) is 0 Å². The first kappa shape index (κ1) is 17.5. The molecule has 1 saturated carbocycles. The Balaban J connectivity index is 0.00000156. The van der Waals surface area contributed by atoms with E-state index in [1.54, 1.807) is 18.2 Å². The molecule has 2 bridgehead atoms. The Labute approximate surface area is 158 Å². The quantitative estimate of drug-likeness (QED) is 0.504. The van der Waals surface area contributed by atoms with Crippen LogP contribution in [-0.2, 0) is 11.8 Å². The summed E-state index contributed by atoms with van der Waals surface area (Å²) in [4.78, 5) is 0. The fraction of sp³-hybridized carbons (Fsp3) is 0.700. The number of halogens is 1. The van der Waals surface area contributed by atoms with Crippen LogP contribution in [0.25, 0.3) is 0 Å². The zero-order valence-corrected chi connectivity index (χ0v) is 16.9. The molecule has 1 aromatic rings. The molecule has 0 N–H and O–H groups in total. The average molecular weight is 427 g/mol. The number of ether oxygens (including phenoxy) is 1. The number of quaternary nitrogens is 1. The fourth-order valence-corrected chi connectivity index (χ4v) is 5.97. The van der Waals surface area contributed by atoms with E-state index in [1.165, 1.54) is 56.1 Å². The van der Waals surface area contributed by atoms with Gasteiger partial charge in [0.15, 0.2) is 0 Å². The number of methoxy groups -OCH3 is 1. The van der Waals surface area contributed by atoms with Gasteiger partial charge in [-0.25, -0.2) is 0 Å². The van der Waals surface area contributed by atoms with Crippen LogP contribution in [0.5, 0.6) is 5.75 Å². The van der Waals surface area contributed by atoms with Crippen LogP contribution >= 0.6 is 0 Å². The van der Waals surface area contributed by atoms with Gasteiger partial charge < -0.3 is 33.2 Å². The lowest BCUT2D eigenvalue weighted by molar-refractivity contribution is -0.943. The SMILES string of the molecule is CC[N+]1(C)CC[C@@]23CCCC[C@@H]2[C@@H]1Cc1ccc(OC)cc13.[I-]. The minimum atomic E-state index is 0. The molecule has 4 rings (SSSR count). The third-order valence-corrected chi connectivity index (χ3v) is 7.44. The molecule has 0 aromatic heterocycles. The van der Waals surface area contributed by atoms with Crippen molar-refractivity contribution in [1.82, 2.24) is 0 Å². The molecule has 128 valence electrons. The Morgan fingerprint density at radius 2 is 2.09 bits per heavy atom. The molecule has 1 heterocycles. The summed E-state index contributed by atoms with van der Waals surface area (Å²) in [7, 11) is 4.31. The van der Waals surface area contributed by atoms with E-state index in [4.69, 9.17) is 4.74 Å². The number of likely N-dealkylation sites (tertiary alicyclic amines) is 1. The van der Waals surface area contributed by atoms with Gasteiger partial charge in [0.1, 0.15) is 5.75 Å². The van der Waals surface area contributed by atoms with Crippen molar-refractivity contribution in [3.63, 3.8) is 0 Å². The number of piperidine rings is 1. The highest BCUT2D eigenvalue weighted by Crippen LogP contribution is 2.57. The van der Waals surface area contributed by atoms with Gasteiger partial charge in [-0.05, 0) is 43.0 Å². The minimum absolute atomic E-state index is 0. The number of fused-ring (bicyclic) bond motifs is 1. The smallest absolute Gasteiger partial charge is 0.119 e. The van der Waals surface area contributed by atoms with Gasteiger partial charge in [0.25, 0.3) is 0 Å². The lowest BCUT2D eigenvalue weighted by Crippen LogP contribution is -3.00. The van der Waals surface area contributed by atoms with E-state index >= 15 is 0 Å². The number of nitrogens with zero attached hydrogens (tertiary/aromatic N) is 1. The van der Waals surface area contributed by atoms with Gasteiger partial charge in [0.05, 0.1) is 33.3 Å². The van der Waals surface area contributed by atoms with Crippen LogP contribution in [0.2, 0.25) is 0 Å². The molecule has 1 aliphatic heterocycles. The van der Waals surface area contributed by atoms with Crippen molar-refractivity contribution in [1.29, 1.82) is 0 Å². The van der Waals surface area contributed by atoms with Crippen molar-refractivity contribution >= 4 is 0 Å². The first-order valence-electron chi connectivity index (χ1n) is 9.14. The predicted molar refractivity (Wildman–Crippen MR) is 90.3 cm³/mol. The minimum Gasteiger partial charge on any atom is -1.00 e. The molecule has 23 heavy (non-hydrogen) atoms. The Hall–Kier alpha value is -0.290. The summed E-state index contributed by atoms with van der Waals surface area (Å²) in [6.45, 7) is 5.02. The Bertz CT molecular complexity index is 589. The van der Waals surface area contributed by atoms with Gasteiger partial charge in [-0.1, -0.05) is 18.9 Å². The van der Waals surface area contributed by atoms with Crippen LogP contribution in [0, 0.1) is 5.92 Å². The summed E-state index contributed by atoms with van der Waals surface area (Å²) >= 11 is 0. The molecule has 1 aromatic carbocycles. The highest BCUT2D eigenvalue weighted by atomic mass is 127. The number of hydrogen-bond acceptors (Lipinski definition) is 1. The van der Waals surface area contributed by atoms with Crippen LogP contribution in [-0.4, -0.2) is 37.8 Å². The average Bonchev–Trinajstić information content (AvgIpc) is 2.58. The van der Waals surface area contributed by atoms with Gasteiger partial charge in [0, 0.05) is 24.2 Å². The monoisotopic (exact) mass is 427 g/mol. The maximum atomic E-state index is 5.55. The molecular formula is C20H30INO. The second kappa shape index (κ2) is 6.21. The van der Waals surface area contributed by atoms with Crippen molar-refractivity contribution in [2.24, 2.45) is 5.92 Å². The van der Waals surface area contributed by atoms with Crippen LogP contribution in [0.1, 0.15) is 50.2 Å². The predicted octanol–water partition coefficient (Wildman–Crippen LogP) is 0.922. The molecule has 0 spiro atoms. The Morgan fingerprint density at radius 3 is 2.83 bits per heavy atom. The molecule has 4 atom stereocenters. The summed E-state index contributed by atoms with van der Waals surface area (Å²) in [5.41, 5.74) is 3.72. The third kappa shape index (κ3) is 2.45. The highest BCUT2D eigenvalue weighted by Gasteiger charge is 2.58. The van der Waals surface area contributed by atoms with Crippen molar-refractivity contribution in [3.05, 3.63) is 29.3 Å². The summed E-state index contributed by atoms with van der Waals surface area (Å²) in [6.07, 6.45) is 8.34. The van der Waals surface area contributed by atoms with Gasteiger partial charge >= 0.3 is 0 Å². The molecule has 1 saturated heterocycles. The molecule has 0 amide bonds.